The van der Waals surface area contributed by atoms with Crippen molar-refractivity contribution in [1.82, 2.24) is 15.5 Å². The van der Waals surface area contributed by atoms with Crippen LogP contribution < -0.4 is 10.6 Å². The third-order valence-corrected chi connectivity index (χ3v) is 3.78. The van der Waals surface area contributed by atoms with Crippen LogP contribution in [0.5, 0.6) is 0 Å². The van der Waals surface area contributed by atoms with Gasteiger partial charge in [0.2, 0.25) is 0 Å². The van der Waals surface area contributed by atoms with E-state index in [1.165, 1.54) is 4.90 Å². The molecule has 1 aliphatic rings. The highest BCUT2D eigenvalue weighted by Gasteiger charge is 2.34. The third kappa shape index (κ3) is 5.05. The number of fused-ring (bicyclic) bond motifs is 1. The standard InChI is InChI=1S/C19H28N4O2/c1-5-20-18(22-19(2,3)4)21-12-8-9-13-23-16(24)14-10-6-7-11-15(14)17(23)25/h6-7,10-11H,5,8-9,12-13H2,1-4H3,(H2,20,21,22). The molecule has 0 atom stereocenters. The van der Waals surface area contributed by atoms with E-state index in [1.54, 1.807) is 24.3 Å². The van der Waals surface area contributed by atoms with E-state index in [0.29, 0.717) is 24.2 Å². The summed E-state index contributed by atoms with van der Waals surface area (Å²) in [5.41, 5.74) is 0.963. The summed E-state index contributed by atoms with van der Waals surface area (Å²) < 4.78 is 0. The van der Waals surface area contributed by atoms with Gasteiger partial charge in [-0.25, -0.2) is 0 Å². The van der Waals surface area contributed by atoms with Crippen molar-refractivity contribution in [3.05, 3.63) is 35.4 Å². The smallest absolute Gasteiger partial charge is 0.261 e. The van der Waals surface area contributed by atoms with E-state index in [2.05, 4.69) is 36.4 Å². The Morgan fingerprint density at radius 2 is 1.68 bits per heavy atom. The molecule has 1 aromatic carbocycles. The highest BCUT2D eigenvalue weighted by Crippen LogP contribution is 2.22. The molecule has 2 rings (SSSR count). The van der Waals surface area contributed by atoms with Gasteiger partial charge in [-0.1, -0.05) is 12.1 Å². The molecule has 0 radical (unpaired) electrons. The van der Waals surface area contributed by atoms with Gasteiger partial charge in [0.25, 0.3) is 11.8 Å². The molecule has 136 valence electrons. The van der Waals surface area contributed by atoms with Crippen molar-refractivity contribution >= 4 is 17.8 Å². The highest BCUT2D eigenvalue weighted by atomic mass is 16.2. The maximum absolute atomic E-state index is 12.3. The zero-order valence-electron chi connectivity index (χ0n) is 15.6. The summed E-state index contributed by atoms with van der Waals surface area (Å²) in [6, 6.07) is 6.99. The molecule has 0 saturated heterocycles. The summed E-state index contributed by atoms with van der Waals surface area (Å²) in [7, 11) is 0. The van der Waals surface area contributed by atoms with Gasteiger partial charge in [-0.15, -0.1) is 0 Å². The predicted molar refractivity (Wildman–Crippen MR) is 99.9 cm³/mol. The molecule has 0 aliphatic carbocycles. The minimum atomic E-state index is -0.188. The fourth-order valence-corrected chi connectivity index (χ4v) is 2.68. The Labute approximate surface area is 149 Å². The molecule has 6 heteroatoms. The molecule has 6 nitrogen and oxygen atoms in total. The number of nitrogens with zero attached hydrogens (tertiary/aromatic N) is 2. The second kappa shape index (κ2) is 8.14. The van der Waals surface area contributed by atoms with E-state index in [0.717, 1.165) is 25.3 Å². The summed E-state index contributed by atoms with van der Waals surface area (Å²) in [5, 5.41) is 6.55. The number of carbonyl (C=O) groups is 2. The second-order valence-corrected chi connectivity index (χ2v) is 7.15. The molecule has 0 spiro atoms. The Morgan fingerprint density at radius 1 is 1.08 bits per heavy atom. The van der Waals surface area contributed by atoms with Gasteiger partial charge in [0.05, 0.1) is 11.1 Å². The topological polar surface area (TPSA) is 73.8 Å². The van der Waals surface area contributed by atoms with Crippen molar-refractivity contribution < 1.29 is 9.59 Å². The van der Waals surface area contributed by atoms with Crippen LogP contribution >= 0.6 is 0 Å². The van der Waals surface area contributed by atoms with Gasteiger partial charge >= 0.3 is 0 Å². The highest BCUT2D eigenvalue weighted by molar-refractivity contribution is 6.21. The zero-order valence-corrected chi connectivity index (χ0v) is 15.6. The molecule has 0 bridgehead atoms. The van der Waals surface area contributed by atoms with Gasteiger partial charge in [-0.05, 0) is 52.7 Å². The number of hydrogen-bond acceptors (Lipinski definition) is 3. The first-order chi connectivity index (χ1) is 11.8. The lowest BCUT2D eigenvalue weighted by molar-refractivity contribution is 0.0652. The van der Waals surface area contributed by atoms with Gasteiger partial charge in [-0.2, -0.15) is 0 Å². The van der Waals surface area contributed by atoms with Crippen LogP contribution in [0.1, 0.15) is 61.3 Å². The van der Waals surface area contributed by atoms with E-state index >= 15 is 0 Å². The van der Waals surface area contributed by atoms with Gasteiger partial charge in [0.15, 0.2) is 5.96 Å². The van der Waals surface area contributed by atoms with E-state index in [1.807, 2.05) is 6.92 Å². The number of hydrogen-bond donors (Lipinski definition) is 2. The van der Waals surface area contributed by atoms with Crippen LogP contribution in [0, 0.1) is 0 Å². The van der Waals surface area contributed by atoms with Crippen molar-refractivity contribution in [1.29, 1.82) is 0 Å². The van der Waals surface area contributed by atoms with Crippen LogP contribution in [-0.2, 0) is 0 Å². The Bertz CT molecular complexity index is 627. The maximum Gasteiger partial charge on any atom is 0.261 e. The fourth-order valence-electron chi connectivity index (χ4n) is 2.68. The molecule has 0 unspecified atom stereocenters. The molecule has 25 heavy (non-hydrogen) atoms. The molecular formula is C19H28N4O2. The largest absolute Gasteiger partial charge is 0.357 e. The van der Waals surface area contributed by atoms with Gasteiger partial charge in [0, 0.05) is 25.2 Å². The first-order valence-corrected chi connectivity index (χ1v) is 8.85. The summed E-state index contributed by atoms with van der Waals surface area (Å²) in [6.07, 6.45) is 1.55. The van der Waals surface area contributed by atoms with E-state index < -0.39 is 0 Å². The maximum atomic E-state index is 12.3. The summed E-state index contributed by atoms with van der Waals surface area (Å²) in [6.45, 7) is 10.2. The van der Waals surface area contributed by atoms with Crippen LogP contribution in [0.15, 0.2) is 29.3 Å². The van der Waals surface area contributed by atoms with Gasteiger partial charge < -0.3 is 10.6 Å². The molecule has 1 heterocycles. The number of rotatable bonds is 6. The molecule has 2 amide bonds. The molecule has 1 aliphatic heterocycles. The van der Waals surface area contributed by atoms with Gasteiger partial charge in [-0.3, -0.25) is 19.5 Å². The quantitative estimate of drug-likeness (QED) is 0.360. The molecular weight excluding hydrogens is 316 g/mol. The number of amides is 2. The minimum absolute atomic E-state index is 0.0544. The lowest BCUT2D eigenvalue weighted by Crippen LogP contribution is -2.47. The van der Waals surface area contributed by atoms with Crippen molar-refractivity contribution in [2.45, 2.75) is 46.1 Å². The molecule has 0 saturated carbocycles. The average molecular weight is 344 g/mol. The van der Waals surface area contributed by atoms with Crippen LogP contribution in [0.25, 0.3) is 0 Å². The van der Waals surface area contributed by atoms with E-state index in [-0.39, 0.29) is 17.4 Å². The number of nitrogens with one attached hydrogen (secondary N) is 2. The third-order valence-electron chi connectivity index (χ3n) is 3.78. The summed E-state index contributed by atoms with van der Waals surface area (Å²) in [5.74, 6) is 0.411. The number of imide groups is 1. The monoisotopic (exact) mass is 344 g/mol. The van der Waals surface area contributed by atoms with Gasteiger partial charge in [0.1, 0.15) is 0 Å². The van der Waals surface area contributed by atoms with Crippen LogP contribution in [0.2, 0.25) is 0 Å². The number of carbonyl (C=O) groups excluding carboxylic acids is 2. The minimum Gasteiger partial charge on any atom is -0.357 e. The fraction of sp³-hybridized carbons (Fsp3) is 0.526. The van der Waals surface area contributed by atoms with E-state index in [4.69, 9.17) is 0 Å². The van der Waals surface area contributed by atoms with Crippen molar-refractivity contribution in [2.75, 3.05) is 19.6 Å². The lowest BCUT2D eigenvalue weighted by atomic mass is 10.1. The molecule has 1 aromatic rings. The van der Waals surface area contributed by atoms with Crippen molar-refractivity contribution in [2.24, 2.45) is 4.99 Å². The molecule has 2 N–H and O–H groups in total. The summed E-state index contributed by atoms with van der Waals surface area (Å²) in [4.78, 5) is 30.4. The lowest BCUT2D eigenvalue weighted by Gasteiger charge is -2.23. The number of unbranched alkanes of at least 4 members (excludes halogenated alkanes) is 1. The number of benzene rings is 1. The van der Waals surface area contributed by atoms with Crippen molar-refractivity contribution in [3.63, 3.8) is 0 Å². The predicted octanol–water partition coefficient (Wildman–Crippen LogP) is 2.42. The van der Waals surface area contributed by atoms with Crippen molar-refractivity contribution in [3.8, 4) is 0 Å². The number of guanidine groups is 1. The SMILES string of the molecule is CCNC(=NCCCCN1C(=O)c2ccccc2C1=O)NC(C)(C)C. The normalized spacial score (nSPS) is 14.7. The van der Waals surface area contributed by atoms with Crippen LogP contribution in [0.4, 0.5) is 0 Å². The summed E-state index contributed by atoms with van der Waals surface area (Å²) >= 11 is 0. The zero-order chi connectivity index (χ0) is 18.4. The first kappa shape index (κ1) is 19.0. The second-order valence-electron chi connectivity index (χ2n) is 7.15. The Morgan fingerprint density at radius 3 is 2.20 bits per heavy atom. The van der Waals surface area contributed by atoms with Crippen LogP contribution in [-0.4, -0.2) is 47.8 Å². The Kier molecular flexibility index (Phi) is 6.17. The first-order valence-electron chi connectivity index (χ1n) is 8.85. The average Bonchev–Trinajstić information content (AvgIpc) is 2.78. The Hall–Kier alpha value is -2.37. The molecule has 0 fully saturated rings. The number of aliphatic imine (C=N–C) groups is 1. The van der Waals surface area contributed by atoms with Crippen LogP contribution in [0.3, 0.4) is 0 Å². The van der Waals surface area contributed by atoms with E-state index in [9.17, 15) is 9.59 Å². The molecule has 0 aromatic heterocycles. The Balaban J connectivity index is 1.82.